The van der Waals surface area contributed by atoms with E-state index in [0.29, 0.717) is 40.5 Å². The van der Waals surface area contributed by atoms with Crippen molar-refractivity contribution in [2.45, 2.75) is 12.8 Å². The summed E-state index contributed by atoms with van der Waals surface area (Å²) in [4.78, 5) is 25.6. The zero-order valence-corrected chi connectivity index (χ0v) is 21.0. The number of halogens is 2. The Labute approximate surface area is 215 Å². The van der Waals surface area contributed by atoms with Gasteiger partial charge in [-0.05, 0) is 63.3 Å². The lowest BCUT2D eigenvalue weighted by atomic mass is 10.1. The summed E-state index contributed by atoms with van der Waals surface area (Å²) < 4.78 is 19.7. The largest absolute Gasteiger partial charge is 0.491 e. The van der Waals surface area contributed by atoms with Gasteiger partial charge in [0, 0.05) is 36.8 Å². The van der Waals surface area contributed by atoms with Crippen molar-refractivity contribution in [1.29, 1.82) is 0 Å². The highest BCUT2D eigenvalue weighted by atomic mass is 35.5. The molecule has 1 aromatic heterocycles. The van der Waals surface area contributed by atoms with Crippen LogP contribution < -0.4 is 15.4 Å². The van der Waals surface area contributed by atoms with Crippen LogP contribution in [-0.4, -0.2) is 72.1 Å². The van der Waals surface area contributed by atoms with Crippen LogP contribution in [0.15, 0.2) is 49.3 Å². The van der Waals surface area contributed by atoms with E-state index in [1.54, 1.807) is 18.2 Å². The second kappa shape index (κ2) is 12.1. The number of nitrogens with one attached hydrogen (secondary N) is 2. The van der Waals surface area contributed by atoms with Crippen LogP contribution in [0, 0.1) is 5.82 Å². The Balaban J connectivity index is 1.52. The zero-order valence-electron chi connectivity index (χ0n) is 20.3. The first-order valence-electron chi connectivity index (χ1n) is 11.9. The molecule has 0 atom stereocenters. The Morgan fingerprint density at radius 2 is 2.08 bits per heavy atom. The standard InChI is InChI=1S/C26H30ClFN6O2/c1-3-25(35)32-23-15-19-22(29-17-30-26(19)31-18-6-7-21(28)20(27)14-18)16-24(23)36-13-5-10-34-9-4-8-33(2)11-12-34/h3,6-7,14-17H,1,4-5,8-13H2,2H3,(H,32,35)(H,29,30,31). The molecule has 0 saturated carbocycles. The normalized spacial score (nSPS) is 14.9. The highest BCUT2D eigenvalue weighted by molar-refractivity contribution is 6.31. The van der Waals surface area contributed by atoms with Crippen molar-refractivity contribution in [3.05, 3.63) is 60.2 Å². The number of rotatable bonds is 9. The second-order valence-electron chi connectivity index (χ2n) is 8.74. The molecule has 2 aromatic carbocycles. The Morgan fingerprint density at radius 1 is 1.22 bits per heavy atom. The van der Waals surface area contributed by atoms with Gasteiger partial charge in [-0.25, -0.2) is 14.4 Å². The molecule has 2 N–H and O–H groups in total. The summed E-state index contributed by atoms with van der Waals surface area (Å²) in [5, 5.41) is 6.60. The van der Waals surface area contributed by atoms with Crippen LogP contribution in [0.3, 0.4) is 0 Å². The third-order valence-corrected chi connectivity index (χ3v) is 6.34. The van der Waals surface area contributed by atoms with Crippen molar-refractivity contribution in [3.8, 4) is 5.75 Å². The van der Waals surface area contributed by atoms with E-state index < -0.39 is 5.82 Å². The second-order valence-corrected chi connectivity index (χ2v) is 9.14. The van der Waals surface area contributed by atoms with E-state index >= 15 is 0 Å². The molecule has 0 aliphatic carbocycles. The molecule has 2 heterocycles. The van der Waals surface area contributed by atoms with Crippen molar-refractivity contribution < 1.29 is 13.9 Å². The number of amides is 1. The van der Waals surface area contributed by atoms with Crippen LogP contribution in [0.4, 0.5) is 21.6 Å². The molecule has 3 aromatic rings. The van der Waals surface area contributed by atoms with E-state index in [1.165, 1.54) is 31.0 Å². The highest BCUT2D eigenvalue weighted by Gasteiger charge is 2.15. The molecule has 1 aliphatic rings. The number of hydrogen-bond donors (Lipinski definition) is 2. The van der Waals surface area contributed by atoms with Crippen LogP contribution in [0.1, 0.15) is 12.8 Å². The maximum Gasteiger partial charge on any atom is 0.247 e. The molecular weight excluding hydrogens is 483 g/mol. The molecule has 1 amide bonds. The summed E-state index contributed by atoms with van der Waals surface area (Å²) in [6.45, 7) is 9.33. The van der Waals surface area contributed by atoms with Gasteiger partial charge in [0.1, 0.15) is 23.7 Å². The summed E-state index contributed by atoms with van der Waals surface area (Å²) in [5.41, 5.74) is 1.68. The first kappa shape index (κ1) is 25.8. The lowest BCUT2D eigenvalue weighted by molar-refractivity contribution is -0.111. The van der Waals surface area contributed by atoms with E-state index in [2.05, 4.69) is 44.0 Å². The predicted octanol–water partition coefficient (Wildman–Crippen LogP) is 4.70. The number of hydrogen-bond acceptors (Lipinski definition) is 7. The average Bonchev–Trinajstić information content (AvgIpc) is 3.08. The lowest BCUT2D eigenvalue weighted by Crippen LogP contribution is -2.30. The van der Waals surface area contributed by atoms with Gasteiger partial charge in [0.25, 0.3) is 0 Å². The van der Waals surface area contributed by atoms with Crippen LogP contribution in [0.5, 0.6) is 5.75 Å². The van der Waals surface area contributed by atoms with Gasteiger partial charge in [0.2, 0.25) is 5.91 Å². The molecule has 8 nitrogen and oxygen atoms in total. The molecule has 1 aliphatic heterocycles. The predicted molar refractivity (Wildman–Crippen MR) is 142 cm³/mol. The van der Waals surface area contributed by atoms with Gasteiger partial charge in [-0.1, -0.05) is 18.2 Å². The first-order valence-corrected chi connectivity index (χ1v) is 12.3. The van der Waals surface area contributed by atoms with Gasteiger partial charge in [-0.3, -0.25) is 4.79 Å². The molecule has 10 heteroatoms. The fourth-order valence-corrected chi connectivity index (χ4v) is 4.27. The molecular formula is C26H30ClFN6O2. The number of carbonyl (C=O) groups excluding carboxylic acids is 1. The van der Waals surface area contributed by atoms with E-state index in [1.807, 2.05) is 0 Å². The SMILES string of the molecule is C=CC(=O)Nc1cc2c(Nc3ccc(F)c(Cl)c3)ncnc2cc1OCCCN1CCCN(C)CC1. The van der Waals surface area contributed by atoms with Gasteiger partial charge in [0.15, 0.2) is 0 Å². The fraction of sp³-hybridized carbons (Fsp3) is 0.346. The van der Waals surface area contributed by atoms with E-state index in [0.717, 1.165) is 39.1 Å². The van der Waals surface area contributed by atoms with Crippen molar-refractivity contribution in [1.82, 2.24) is 19.8 Å². The molecule has 0 unspecified atom stereocenters. The molecule has 0 radical (unpaired) electrons. The zero-order chi connectivity index (χ0) is 25.5. The average molecular weight is 513 g/mol. The van der Waals surface area contributed by atoms with Gasteiger partial charge >= 0.3 is 0 Å². The van der Waals surface area contributed by atoms with Crippen LogP contribution in [0.25, 0.3) is 10.9 Å². The van der Waals surface area contributed by atoms with E-state index in [-0.39, 0.29) is 10.9 Å². The van der Waals surface area contributed by atoms with Gasteiger partial charge in [-0.2, -0.15) is 0 Å². The van der Waals surface area contributed by atoms with E-state index in [4.69, 9.17) is 16.3 Å². The molecule has 0 bridgehead atoms. The minimum Gasteiger partial charge on any atom is -0.491 e. The van der Waals surface area contributed by atoms with Crippen molar-refractivity contribution >= 4 is 45.6 Å². The Kier molecular flexibility index (Phi) is 8.69. The molecule has 1 fully saturated rings. The lowest BCUT2D eigenvalue weighted by Gasteiger charge is -2.20. The molecule has 36 heavy (non-hydrogen) atoms. The molecule has 1 saturated heterocycles. The number of likely N-dealkylation sites (N-methyl/N-ethyl adjacent to an activating group) is 1. The summed E-state index contributed by atoms with van der Waals surface area (Å²) in [6, 6.07) is 7.85. The molecule has 190 valence electrons. The number of fused-ring (bicyclic) bond motifs is 1. The van der Waals surface area contributed by atoms with Crippen molar-refractivity contribution in [2.24, 2.45) is 0 Å². The number of anilines is 3. The third-order valence-electron chi connectivity index (χ3n) is 6.05. The minimum absolute atomic E-state index is 0.000166. The van der Waals surface area contributed by atoms with E-state index in [9.17, 15) is 9.18 Å². The smallest absolute Gasteiger partial charge is 0.247 e. The summed E-state index contributed by atoms with van der Waals surface area (Å²) >= 11 is 5.92. The fourth-order valence-electron chi connectivity index (χ4n) is 4.09. The minimum atomic E-state index is -0.505. The number of nitrogens with zero attached hydrogens (tertiary/aromatic N) is 4. The van der Waals surface area contributed by atoms with Gasteiger partial charge in [-0.15, -0.1) is 0 Å². The highest BCUT2D eigenvalue weighted by Crippen LogP contribution is 2.34. The Morgan fingerprint density at radius 3 is 2.89 bits per heavy atom. The Bertz CT molecular complexity index is 1240. The van der Waals surface area contributed by atoms with Crippen LogP contribution >= 0.6 is 11.6 Å². The number of carbonyl (C=O) groups is 1. The van der Waals surface area contributed by atoms with Gasteiger partial charge in [0.05, 0.1) is 22.8 Å². The molecule has 4 rings (SSSR count). The maximum atomic E-state index is 13.6. The summed E-state index contributed by atoms with van der Waals surface area (Å²) in [7, 11) is 2.16. The van der Waals surface area contributed by atoms with Crippen LogP contribution in [-0.2, 0) is 4.79 Å². The quantitative estimate of drug-likeness (QED) is 0.318. The summed E-state index contributed by atoms with van der Waals surface area (Å²) in [6.07, 6.45) is 4.65. The maximum absolute atomic E-state index is 13.6. The number of aromatic nitrogens is 2. The summed E-state index contributed by atoms with van der Waals surface area (Å²) in [5.74, 6) is 0.135. The topological polar surface area (TPSA) is 82.6 Å². The Hall–Kier alpha value is -3.27. The van der Waals surface area contributed by atoms with Crippen molar-refractivity contribution in [3.63, 3.8) is 0 Å². The first-order chi connectivity index (χ1) is 17.4. The van der Waals surface area contributed by atoms with Gasteiger partial charge < -0.3 is 25.2 Å². The number of ether oxygens (including phenoxy) is 1. The van der Waals surface area contributed by atoms with Crippen molar-refractivity contribution in [2.75, 3.05) is 57.0 Å². The number of benzene rings is 2. The molecule has 0 spiro atoms. The van der Waals surface area contributed by atoms with Crippen LogP contribution in [0.2, 0.25) is 5.02 Å². The third kappa shape index (κ3) is 6.69. The monoisotopic (exact) mass is 512 g/mol.